The third kappa shape index (κ3) is 4.36. The highest BCUT2D eigenvalue weighted by Crippen LogP contribution is 2.32. The van der Waals surface area contributed by atoms with Crippen LogP contribution in [0.1, 0.15) is 15.9 Å². The Labute approximate surface area is 157 Å². The van der Waals surface area contributed by atoms with Crippen LogP contribution >= 0.6 is 34.5 Å². The van der Waals surface area contributed by atoms with Crippen LogP contribution in [0.2, 0.25) is 10.0 Å². The zero-order chi connectivity index (χ0) is 17.8. The third-order valence-corrected chi connectivity index (χ3v) is 4.54. The molecule has 2 N–H and O–H groups in total. The molecule has 1 heterocycles. The average Bonchev–Trinajstić information content (AvgIpc) is 3.04. The standard InChI is InChI=1S/C17H11Cl2N3O2S/c18-12-5-6-13(14(19)7-12)15-9-25-17(21-15)22-20-8-10-1-3-11(4-2-10)16(23)24/h1-9H,(H,21,22)(H,23,24). The summed E-state index contributed by atoms with van der Waals surface area (Å²) < 4.78 is 0. The molecule has 0 amide bonds. The van der Waals surface area contributed by atoms with Gasteiger partial charge >= 0.3 is 5.97 Å². The molecule has 8 heteroatoms. The predicted molar refractivity (Wildman–Crippen MR) is 102 cm³/mol. The minimum atomic E-state index is -0.960. The molecule has 1 aromatic heterocycles. The summed E-state index contributed by atoms with van der Waals surface area (Å²) in [4.78, 5) is 15.2. The van der Waals surface area contributed by atoms with E-state index in [0.29, 0.717) is 15.2 Å². The summed E-state index contributed by atoms with van der Waals surface area (Å²) in [5.41, 5.74) is 5.37. The first-order valence-electron chi connectivity index (χ1n) is 7.06. The summed E-state index contributed by atoms with van der Waals surface area (Å²) in [6.07, 6.45) is 1.59. The number of hydrogen-bond donors (Lipinski definition) is 2. The quantitative estimate of drug-likeness (QED) is 0.459. The van der Waals surface area contributed by atoms with Crippen LogP contribution in [-0.4, -0.2) is 22.3 Å². The Morgan fingerprint density at radius 1 is 1.20 bits per heavy atom. The van der Waals surface area contributed by atoms with Crippen LogP contribution < -0.4 is 5.43 Å². The smallest absolute Gasteiger partial charge is 0.335 e. The first-order valence-corrected chi connectivity index (χ1v) is 8.70. The van der Waals surface area contributed by atoms with Gasteiger partial charge in [0, 0.05) is 16.0 Å². The lowest BCUT2D eigenvalue weighted by molar-refractivity contribution is 0.0697. The van der Waals surface area contributed by atoms with E-state index in [-0.39, 0.29) is 5.56 Å². The van der Waals surface area contributed by atoms with Crippen LogP contribution in [0.5, 0.6) is 0 Å². The maximum atomic E-state index is 10.8. The molecule has 0 atom stereocenters. The number of benzene rings is 2. The van der Waals surface area contributed by atoms with Crippen molar-refractivity contribution in [2.24, 2.45) is 5.10 Å². The molecule has 3 aromatic rings. The van der Waals surface area contributed by atoms with Crippen molar-refractivity contribution in [2.45, 2.75) is 0 Å². The van der Waals surface area contributed by atoms with Gasteiger partial charge in [-0.15, -0.1) is 11.3 Å². The Balaban J connectivity index is 1.68. The van der Waals surface area contributed by atoms with E-state index in [1.165, 1.54) is 23.5 Å². The van der Waals surface area contributed by atoms with Crippen LogP contribution in [0, 0.1) is 0 Å². The summed E-state index contributed by atoms with van der Waals surface area (Å²) in [6.45, 7) is 0. The second kappa shape index (κ2) is 7.65. The highest BCUT2D eigenvalue weighted by molar-refractivity contribution is 7.14. The zero-order valence-electron chi connectivity index (χ0n) is 12.6. The number of carbonyl (C=O) groups is 1. The summed E-state index contributed by atoms with van der Waals surface area (Å²) in [5, 5.41) is 16.5. The number of carboxylic acids is 1. The number of anilines is 1. The monoisotopic (exact) mass is 391 g/mol. The summed E-state index contributed by atoms with van der Waals surface area (Å²) in [7, 11) is 0. The number of nitrogens with zero attached hydrogens (tertiary/aromatic N) is 2. The van der Waals surface area contributed by atoms with Gasteiger partial charge in [-0.1, -0.05) is 35.3 Å². The van der Waals surface area contributed by atoms with Crippen molar-refractivity contribution in [3.05, 3.63) is 69.0 Å². The molecule has 0 aliphatic rings. The number of hydrogen-bond acceptors (Lipinski definition) is 5. The molecule has 0 fully saturated rings. The van der Waals surface area contributed by atoms with Crippen molar-refractivity contribution >= 4 is 51.9 Å². The predicted octanol–water partition coefficient (Wildman–Crippen LogP) is 5.26. The van der Waals surface area contributed by atoms with Crippen molar-refractivity contribution in [1.29, 1.82) is 0 Å². The lowest BCUT2D eigenvalue weighted by Gasteiger charge is -2.00. The van der Waals surface area contributed by atoms with Gasteiger partial charge < -0.3 is 5.11 Å². The van der Waals surface area contributed by atoms with Crippen molar-refractivity contribution in [1.82, 2.24) is 4.98 Å². The first kappa shape index (κ1) is 17.4. The van der Waals surface area contributed by atoms with E-state index in [0.717, 1.165) is 16.8 Å². The van der Waals surface area contributed by atoms with Gasteiger partial charge in [0.25, 0.3) is 0 Å². The van der Waals surface area contributed by atoms with Crippen LogP contribution in [0.3, 0.4) is 0 Å². The maximum Gasteiger partial charge on any atom is 0.335 e. The number of rotatable bonds is 5. The van der Waals surface area contributed by atoms with E-state index in [9.17, 15) is 4.79 Å². The van der Waals surface area contributed by atoms with E-state index in [2.05, 4.69) is 15.5 Å². The summed E-state index contributed by atoms with van der Waals surface area (Å²) in [6, 6.07) is 11.6. The number of hydrazone groups is 1. The maximum absolute atomic E-state index is 10.8. The van der Waals surface area contributed by atoms with Crippen molar-refractivity contribution in [3.8, 4) is 11.3 Å². The fraction of sp³-hybridized carbons (Fsp3) is 0. The zero-order valence-corrected chi connectivity index (χ0v) is 14.9. The Morgan fingerprint density at radius 2 is 1.96 bits per heavy atom. The van der Waals surface area contributed by atoms with Crippen LogP contribution in [0.25, 0.3) is 11.3 Å². The molecule has 0 saturated carbocycles. The number of aromatic carboxylic acids is 1. The first-order chi connectivity index (χ1) is 12.0. The molecule has 0 saturated heterocycles. The van der Waals surface area contributed by atoms with Gasteiger partial charge in [-0.3, -0.25) is 5.43 Å². The SMILES string of the molecule is O=C(O)c1ccc(C=NNc2nc(-c3ccc(Cl)cc3Cl)cs2)cc1. The molecule has 2 aromatic carbocycles. The number of nitrogens with one attached hydrogen (secondary N) is 1. The highest BCUT2D eigenvalue weighted by atomic mass is 35.5. The van der Waals surface area contributed by atoms with Crippen molar-refractivity contribution in [3.63, 3.8) is 0 Å². The molecular weight excluding hydrogens is 381 g/mol. The minimum Gasteiger partial charge on any atom is -0.478 e. The van der Waals surface area contributed by atoms with Crippen LogP contribution in [0.15, 0.2) is 52.9 Å². The second-order valence-electron chi connectivity index (χ2n) is 4.96. The largest absolute Gasteiger partial charge is 0.478 e. The van der Waals surface area contributed by atoms with Crippen LogP contribution in [0.4, 0.5) is 5.13 Å². The van der Waals surface area contributed by atoms with Gasteiger partial charge in [-0.25, -0.2) is 9.78 Å². The second-order valence-corrected chi connectivity index (χ2v) is 6.66. The van der Waals surface area contributed by atoms with E-state index in [1.807, 2.05) is 11.4 Å². The average molecular weight is 392 g/mol. The van der Waals surface area contributed by atoms with E-state index in [1.54, 1.807) is 30.5 Å². The molecule has 0 radical (unpaired) electrons. The summed E-state index contributed by atoms with van der Waals surface area (Å²) in [5.74, 6) is -0.960. The fourth-order valence-corrected chi connectivity index (χ4v) is 3.18. The third-order valence-electron chi connectivity index (χ3n) is 3.24. The molecule has 0 aliphatic carbocycles. The lowest BCUT2D eigenvalue weighted by Crippen LogP contribution is -1.96. The molecule has 0 bridgehead atoms. The molecule has 0 aliphatic heterocycles. The Hall–Kier alpha value is -2.41. The molecule has 0 unspecified atom stereocenters. The number of thiazole rings is 1. The van der Waals surface area contributed by atoms with Crippen molar-refractivity contribution < 1.29 is 9.90 Å². The number of carboxylic acid groups (broad SMARTS) is 1. The van der Waals surface area contributed by atoms with E-state index >= 15 is 0 Å². The van der Waals surface area contributed by atoms with Crippen molar-refractivity contribution in [2.75, 3.05) is 5.43 Å². The molecule has 0 spiro atoms. The fourth-order valence-electron chi connectivity index (χ4n) is 2.02. The van der Waals surface area contributed by atoms with Gasteiger partial charge in [0.15, 0.2) is 0 Å². The van der Waals surface area contributed by atoms with E-state index in [4.69, 9.17) is 28.3 Å². The van der Waals surface area contributed by atoms with Gasteiger partial charge in [0.1, 0.15) is 0 Å². The Morgan fingerprint density at radius 3 is 2.64 bits per heavy atom. The Bertz CT molecular complexity index is 939. The highest BCUT2D eigenvalue weighted by Gasteiger charge is 2.08. The van der Waals surface area contributed by atoms with Gasteiger partial charge in [-0.05, 0) is 35.9 Å². The van der Waals surface area contributed by atoms with Gasteiger partial charge in [0.05, 0.1) is 22.5 Å². The lowest BCUT2D eigenvalue weighted by atomic mass is 10.1. The molecule has 3 rings (SSSR count). The summed E-state index contributed by atoms with van der Waals surface area (Å²) >= 11 is 13.5. The molecule has 25 heavy (non-hydrogen) atoms. The minimum absolute atomic E-state index is 0.231. The van der Waals surface area contributed by atoms with Gasteiger partial charge in [-0.2, -0.15) is 5.10 Å². The normalized spacial score (nSPS) is 11.0. The Kier molecular flexibility index (Phi) is 5.33. The molecular formula is C17H11Cl2N3O2S. The topological polar surface area (TPSA) is 74.6 Å². The number of halogens is 2. The molecule has 126 valence electrons. The number of aromatic nitrogens is 1. The van der Waals surface area contributed by atoms with Gasteiger partial charge in [0.2, 0.25) is 5.13 Å². The van der Waals surface area contributed by atoms with Crippen LogP contribution in [-0.2, 0) is 0 Å². The molecule has 5 nitrogen and oxygen atoms in total. The van der Waals surface area contributed by atoms with E-state index < -0.39 is 5.97 Å².